The van der Waals surface area contributed by atoms with Crippen molar-refractivity contribution in [1.82, 2.24) is 4.98 Å². The highest BCUT2D eigenvalue weighted by Crippen LogP contribution is 2.34. The van der Waals surface area contributed by atoms with Gasteiger partial charge < -0.3 is 9.84 Å². The van der Waals surface area contributed by atoms with Crippen LogP contribution in [0.2, 0.25) is 0 Å². The van der Waals surface area contributed by atoms with E-state index in [-0.39, 0.29) is 22.4 Å². The quantitative estimate of drug-likeness (QED) is 0.922. The lowest BCUT2D eigenvalue weighted by molar-refractivity contribution is 0.0697. The van der Waals surface area contributed by atoms with E-state index in [9.17, 15) is 9.18 Å². The Labute approximate surface area is 109 Å². The average molecular weight is 261 g/mol. The first-order valence-electron chi connectivity index (χ1n) is 5.57. The summed E-state index contributed by atoms with van der Waals surface area (Å²) in [6.45, 7) is 1.71. The molecule has 0 aliphatic carbocycles. The zero-order valence-corrected chi connectivity index (χ0v) is 10.5. The van der Waals surface area contributed by atoms with Gasteiger partial charge in [0, 0.05) is 17.5 Å². The normalized spacial score (nSPS) is 10.3. The van der Waals surface area contributed by atoms with Crippen molar-refractivity contribution in [2.45, 2.75) is 6.92 Å². The number of aromatic carboxylic acids is 1. The van der Waals surface area contributed by atoms with E-state index in [0.717, 1.165) is 0 Å². The predicted molar refractivity (Wildman–Crippen MR) is 67.9 cm³/mol. The summed E-state index contributed by atoms with van der Waals surface area (Å²) in [6.07, 6.45) is 1.22. The van der Waals surface area contributed by atoms with Gasteiger partial charge in [-0.1, -0.05) is 6.07 Å². The van der Waals surface area contributed by atoms with E-state index in [0.29, 0.717) is 5.69 Å². The molecule has 0 atom stereocenters. The highest BCUT2D eigenvalue weighted by atomic mass is 19.1. The molecule has 0 saturated carbocycles. The molecule has 0 spiro atoms. The molecule has 0 saturated heterocycles. The number of carbonyl (C=O) groups is 1. The number of aromatic nitrogens is 1. The monoisotopic (exact) mass is 261 g/mol. The molecule has 4 nitrogen and oxygen atoms in total. The third-order valence-electron chi connectivity index (χ3n) is 2.74. The molecule has 0 radical (unpaired) electrons. The second kappa shape index (κ2) is 5.06. The first-order chi connectivity index (χ1) is 9.04. The van der Waals surface area contributed by atoms with Gasteiger partial charge in [0.05, 0.1) is 18.2 Å². The Morgan fingerprint density at radius 3 is 2.79 bits per heavy atom. The Hall–Kier alpha value is -2.43. The van der Waals surface area contributed by atoms with E-state index in [1.807, 2.05) is 0 Å². The molecular formula is C14H12FNO3. The molecule has 98 valence electrons. The van der Waals surface area contributed by atoms with Crippen LogP contribution in [0.5, 0.6) is 5.75 Å². The van der Waals surface area contributed by atoms with Crippen LogP contribution in [0.4, 0.5) is 4.39 Å². The van der Waals surface area contributed by atoms with Gasteiger partial charge in [0.2, 0.25) is 0 Å². The number of carboxylic acids is 1. The number of benzene rings is 1. The van der Waals surface area contributed by atoms with Crippen LogP contribution >= 0.6 is 0 Å². The summed E-state index contributed by atoms with van der Waals surface area (Å²) >= 11 is 0. The highest BCUT2D eigenvalue weighted by molar-refractivity contribution is 5.96. The Kier molecular flexibility index (Phi) is 3.46. The molecule has 19 heavy (non-hydrogen) atoms. The van der Waals surface area contributed by atoms with Gasteiger partial charge in [-0.05, 0) is 25.1 Å². The Morgan fingerprint density at radius 1 is 1.42 bits per heavy atom. The first-order valence-corrected chi connectivity index (χ1v) is 5.57. The fourth-order valence-corrected chi connectivity index (χ4v) is 1.87. The van der Waals surface area contributed by atoms with Crippen LogP contribution in [0.15, 0.2) is 30.5 Å². The van der Waals surface area contributed by atoms with Crippen molar-refractivity contribution < 1.29 is 19.0 Å². The third kappa shape index (κ3) is 2.40. The van der Waals surface area contributed by atoms with Crippen LogP contribution in [0, 0.1) is 12.7 Å². The second-order valence-corrected chi connectivity index (χ2v) is 3.99. The average Bonchev–Trinajstić information content (AvgIpc) is 2.37. The van der Waals surface area contributed by atoms with E-state index in [4.69, 9.17) is 9.84 Å². The number of carboxylic acid groups (broad SMARTS) is 1. The van der Waals surface area contributed by atoms with Crippen LogP contribution in [-0.2, 0) is 0 Å². The topological polar surface area (TPSA) is 59.4 Å². The minimum atomic E-state index is -1.16. The summed E-state index contributed by atoms with van der Waals surface area (Å²) in [6, 6.07) is 5.88. The van der Waals surface area contributed by atoms with Crippen LogP contribution in [0.25, 0.3) is 11.1 Å². The van der Waals surface area contributed by atoms with Crippen molar-refractivity contribution in [3.05, 3.63) is 47.5 Å². The van der Waals surface area contributed by atoms with E-state index in [1.165, 1.54) is 31.5 Å². The minimum absolute atomic E-state index is 0.0611. The maximum Gasteiger partial charge on any atom is 0.337 e. The van der Waals surface area contributed by atoms with Gasteiger partial charge in [0.15, 0.2) is 0 Å². The van der Waals surface area contributed by atoms with Gasteiger partial charge >= 0.3 is 5.97 Å². The molecule has 1 N–H and O–H groups in total. The van der Waals surface area contributed by atoms with Crippen LogP contribution in [0.1, 0.15) is 16.1 Å². The Bertz CT molecular complexity index is 641. The smallest absolute Gasteiger partial charge is 0.337 e. The maximum absolute atomic E-state index is 14.0. The number of hydrogen-bond acceptors (Lipinski definition) is 3. The first kappa shape index (κ1) is 13.0. The number of aryl methyl sites for hydroxylation is 1. The summed E-state index contributed by atoms with van der Waals surface area (Å²) in [5, 5.41) is 9.17. The third-order valence-corrected chi connectivity index (χ3v) is 2.74. The molecule has 0 bridgehead atoms. The zero-order chi connectivity index (χ0) is 14.0. The number of nitrogens with zero attached hydrogens (tertiary/aromatic N) is 1. The second-order valence-electron chi connectivity index (χ2n) is 3.99. The van der Waals surface area contributed by atoms with Gasteiger partial charge in [0.25, 0.3) is 0 Å². The summed E-state index contributed by atoms with van der Waals surface area (Å²) in [5.41, 5.74) is 0.933. The minimum Gasteiger partial charge on any atom is -0.496 e. The number of methoxy groups -OCH3 is 1. The van der Waals surface area contributed by atoms with Crippen molar-refractivity contribution in [1.29, 1.82) is 0 Å². The summed E-state index contributed by atoms with van der Waals surface area (Å²) in [7, 11) is 1.41. The number of pyridine rings is 1. The van der Waals surface area contributed by atoms with Crippen molar-refractivity contribution in [2.24, 2.45) is 0 Å². The molecule has 0 fully saturated rings. The lowest BCUT2D eigenvalue weighted by Gasteiger charge is -2.12. The molecule has 5 heteroatoms. The maximum atomic E-state index is 14.0. The molecule has 1 aromatic heterocycles. The summed E-state index contributed by atoms with van der Waals surface area (Å²) < 4.78 is 19.1. The van der Waals surface area contributed by atoms with Gasteiger partial charge in [-0.2, -0.15) is 0 Å². The Balaban J connectivity index is 2.78. The molecule has 0 amide bonds. The van der Waals surface area contributed by atoms with Crippen molar-refractivity contribution >= 4 is 5.97 Å². The number of rotatable bonds is 3. The van der Waals surface area contributed by atoms with Gasteiger partial charge in [-0.15, -0.1) is 0 Å². The van der Waals surface area contributed by atoms with Crippen molar-refractivity contribution in [2.75, 3.05) is 7.11 Å². The molecule has 0 unspecified atom stereocenters. The number of hydrogen-bond donors (Lipinski definition) is 1. The molecular weight excluding hydrogens is 249 g/mol. The highest BCUT2D eigenvalue weighted by Gasteiger charge is 2.19. The largest absolute Gasteiger partial charge is 0.496 e. The molecule has 1 heterocycles. The fourth-order valence-electron chi connectivity index (χ4n) is 1.87. The molecule has 2 rings (SSSR count). The predicted octanol–water partition coefficient (Wildman–Crippen LogP) is 2.90. The van der Waals surface area contributed by atoms with Gasteiger partial charge in [-0.3, -0.25) is 4.98 Å². The van der Waals surface area contributed by atoms with Gasteiger partial charge in [-0.25, -0.2) is 9.18 Å². The van der Waals surface area contributed by atoms with E-state index in [1.54, 1.807) is 13.0 Å². The SMILES string of the molecule is COc1cccc(F)c1-c1cc(C)ncc1C(=O)O. The molecule has 2 aromatic rings. The lowest BCUT2D eigenvalue weighted by atomic mass is 9.99. The van der Waals surface area contributed by atoms with Crippen LogP contribution in [-0.4, -0.2) is 23.2 Å². The molecule has 0 aliphatic rings. The Morgan fingerprint density at radius 2 is 2.16 bits per heavy atom. The molecule has 1 aromatic carbocycles. The zero-order valence-electron chi connectivity index (χ0n) is 10.5. The summed E-state index contributed by atoms with van der Waals surface area (Å²) in [4.78, 5) is 15.1. The number of ether oxygens (including phenoxy) is 1. The van der Waals surface area contributed by atoms with Crippen molar-refractivity contribution in [3.63, 3.8) is 0 Å². The standard InChI is InChI=1S/C14H12FNO3/c1-8-6-9(10(7-16-8)14(17)18)13-11(15)4-3-5-12(13)19-2/h3-7H,1-2H3,(H,17,18). The van der Waals surface area contributed by atoms with Gasteiger partial charge in [0.1, 0.15) is 11.6 Å². The van der Waals surface area contributed by atoms with Crippen LogP contribution in [0.3, 0.4) is 0 Å². The summed E-state index contributed by atoms with van der Waals surface area (Å²) in [5.74, 6) is -1.41. The van der Waals surface area contributed by atoms with Crippen molar-refractivity contribution in [3.8, 4) is 16.9 Å². The lowest BCUT2D eigenvalue weighted by Crippen LogP contribution is -2.03. The van der Waals surface area contributed by atoms with E-state index < -0.39 is 11.8 Å². The fraction of sp³-hybridized carbons (Fsp3) is 0.143. The molecule has 0 aliphatic heterocycles. The van der Waals surface area contributed by atoms with E-state index >= 15 is 0 Å². The van der Waals surface area contributed by atoms with E-state index in [2.05, 4.69) is 4.98 Å². The number of halogens is 1. The van der Waals surface area contributed by atoms with Crippen LogP contribution < -0.4 is 4.74 Å².